The zero-order valence-corrected chi connectivity index (χ0v) is 23.2. The average molecular weight is 522 g/mol. The molecular weight excluding hydrogens is 482 g/mol. The predicted molar refractivity (Wildman–Crippen MR) is 145 cm³/mol. The minimum atomic E-state index is -0.941. The summed E-state index contributed by atoms with van der Waals surface area (Å²) in [7, 11) is 0. The van der Waals surface area contributed by atoms with Crippen molar-refractivity contribution in [1.29, 1.82) is 0 Å². The van der Waals surface area contributed by atoms with E-state index in [0.717, 1.165) is 16.7 Å². The lowest BCUT2D eigenvalue weighted by molar-refractivity contribution is -0.127. The van der Waals surface area contributed by atoms with Crippen molar-refractivity contribution >= 4 is 18.1 Å². The number of rotatable bonds is 4. The maximum Gasteiger partial charge on any atom is 0.410 e. The fourth-order valence-corrected chi connectivity index (χ4v) is 5.25. The second-order valence-electron chi connectivity index (χ2n) is 12.2. The molecule has 2 aliphatic rings. The molecule has 4 rings (SSSR count). The number of carbonyl (C=O) groups is 3. The van der Waals surface area contributed by atoms with E-state index in [1.54, 1.807) is 4.90 Å². The molecule has 1 heterocycles. The van der Waals surface area contributed by atoms with Gasteiger partial charge in [0.1, 0.15) is 11.2 Å². The van der Waals surface area contributed by atoms with E-state index in [1.165, 1.54) is 0 Å². The van der Waals surface area contributed by atoms with Crippen LogP contribution in [0, 0.1) is 0 Å². The minimum absolute atomic E-state index is 0.177. The number of ether oxygens (including phenoxy) is 2. The Morgan fingerprint density at radius 1 is 0.868 bits per heavy atom. The number of benzene rings is 2. The number of amides is 3. The number of nitrogens with one attached hydrogen (secondary N) is 2. The van der Waals surface area contributed by atoms with Crippen LogP contribution in [0.3, 0.4) is 0 Å². The van der Waals surface area contributed by atoms with Crippen LogP contribution in [0.4, 0.5) is 9.59 Å². The maximum absolute atomic E-state index is 14.2. The molecule has 2 aromatic rings. The zero-order valence-electron chi connectivity index (χ0n) is 23.2. The van der Waals surface area contributed by atoms with Crippen molar-refractivity contribution < 1.29 is 23.9 Å². The number of fused-ring (bicyclic) bond motifs is 1. The van der Waals surface area contributed by atoms with Crippen LogP contribution in [0.15, 0.2) is 54.6 Å². The lowest BCUT2D eigenvalue weighted by Gasteiger charge is -2.32. The van der Waals surface area contributed by atoms with Gasteiger partial charge in [-0.15, -0.1) is 0 Å². The molecule has 1 saturated heterocycles. The lowest BCUT2D eigenvalue weighted by Crippen LogP contribution is -2.53. The van der Waals surface area contributed by atoms with Crippen molar-refractivity contribution in [2.24, 2.45) is 0 Å². The van der Waals surface area contributed by atoms with Gasteiger partial charge in [-0.3, -0.25) is 4.79 Å². The number of nitrogens with zero attached hydrogens (tertiary/aromatic N) is 1. The van der Waals surface area contributed by atoms with Crippen molar-refractivity contribution in [1.82, 2.24) is 15.5 Å². The number of hydrogen-bond donors (Lipinski definition) is 2. The van der Waals surface area contributed by atoms with Gasteiger partial charge in [0.05, 0.1) is 17.5 Å². The summed E-state index contributed by atoms with van der Waals surface area (Å²) in [5.74, 6) is -0.177. The first-order chi connectivity index (χ1) is 17.8. The molecule has 1 fully saturated rings. The number of alkyl carbamates (subject to hydrolysis) is 1. The van der Waals surface area contributed by atoms with Crippen LogP contribution in [-0.4, -0.2) is 53.3 Å². The third-order valence-electron chi connectivity index (χ3n) is 6.90. The van der Waals surface area contributed by atoms with Crippen molar-refractivity contribution in [3.8, 4) is 0 Å². The summed E-state index contributed by atoms with van der Waals surface area (Å²) in [6, 6.07) is 16.6. The van der Waals surface area contributed by atoms with E-state index in [0.29, 0.717) is 19.4 Å². The SMILES string of the molecule is CC(C)(C)OC(=O)N[C@H]1c2ccccc2C[C@@H]1NC(=O)C1(c2ccccc2)CCN(C(=O)OC(C)(C)C)C1. The summed E-state index contributed by atoms with van der Waals surface area (Å²) in [5.41, 5.74) is 0.647. The van der Waals surface area contributed by atoms with Crippen molar-refractivity contribution in [3.05, 3.63) is 71.3 Å². The first-order valence-electron chi connectivity index (χ1n) is 13.2. The van der Waals surface area contributed by atoms with Gasteiger partial charge in [0, 0.05) is 13.1 Å². The highest BCUT2D eigenvalue weighted by Gasteiger charge is 2.49. The second kappa shape index (κ2) is 10.3. The van der Waals surface area contributed by atoms with Gasteiger partial charge < -0.3 is 25.0 Å². The first-order valence-corrected chi connectivity index (χ1v) is 13.2. The Bertz CT molecular complexity index is 1180. The van der Waals surface area contributed by atoms with Crippen LogP contribution >= 0.6 is 0 Å². The standard InChI is InChI=1S/C30H39N3O5/c1-28(2,3)37-26(35)32-24-22-15-11-10-12-20(22)18-23(24)31-25(34)30(21-13-8-7-9-14-21)16-17-33(19-30)27(36)38-29(4,5)6/h7-15,23-24H,16-19H2,1-6H3,(H,31,34)(H,32,35)/t23-,24-,30?/m0/s1. The Morgan fingerprint density at radius 3 is 2.16 bits per heavy atom. The molecule has 8 nitrogen and oxygen atoms in total. The van der Waals surface area contributed by atoms with Crippen LogP contribution in [-0.2, 0) is 26.1 Å². The van der Waals surface area contributed by atoms with Gasteiger partial charge in [0.15, 0.2) is 0 Å². The van der Waals surface area contributed by atoms with E-state index in [1.807, 2.05) is 96.1 Å². The Labute approximate surface area is 225 Å². The Balaban J connectivity index is 1.59. The van der Waals surface area contributed by atoms with E-state index in [4.69, 9.17) is 9.47 Å². The molecule has 0 bridgehead atoms. The highest BCUT2D eigenvalue weighted by Crippen LogP contribution is 2.38. The van der Waals surface area contributed by atoms with Gasteiger partial charge in [0.25, 0.3) is 0 Å². The lowest BCUT2D eigenvalue weighted by atomic mass is 9.78. The third-order valence-corrected chi connectivity index (χ3v) is 6.90. The predicted octanol–water partition coefficient (Wildman–Crippen LogP) is 4.87. The first kappa shape index (κ1) is 27.5. The summed E-state index contributed by atoms with van der Waals surface area (Å²) in [4.78, 5) is 41.4. The zero-order chi connectivity index (χ0) is 27.7. The minimum Gasteiger partial charge on any atom is -0.444 e. The number of likely N-dealkylation sites (tertiary alicyclic amines) is 1. The molecule has 8 heteroatoms. The van der Waals surface area contributed by atoms with Crippen molar-refractivity contribution in [2.45, 2.75) is 83.1 Å². The quantitative estimate of drug-likeness (QED) is 0.598. The van der Waals surface area contributed by atoms with E-state index in [-0.39, 0.29) is 18.5 Å². The van der Waals surface area contributed by atoms with E-state index >= 15 is 0 Å². The van der Waals surface area contributed by atoms with Crippen LogP contribution in [0.25, 0.3) is 0 Å². The smallest absolute Gasteiger partial charge is 0.410 e. The van der Waals surface area contributed by atoms with Crippen LogP contribution in [0.2, 0.25) is 0 Å². The number of carbonyl (C=O) groups excluding carboxylic acids is 3. The van der Waals surface area contributed by atoms with E-state index in [2.05, 4.69) is 10.6 Å². The second-order valence-corrected chi connectivity index (χ2v) is 12.2. The van der Waals surface area contributed by atoms with Crippen LogP contribution in [0.1, 0.15) is 70.7 Å². The van der Waals surface area contributed by atoms with Gasteiger partial charge in [-0.05, 0) is 71.1 Å². The molecule has 2 N–H and O–H groups in total. The molecule has 1 aliphatic carbocycles. The van der Waals surface area contributed by atoms with Crippen molar-refractivity contribution in [2.75, 3.05) is 13.1 Å². The Morgan fingerprint density at radius 2 is 1.50 bits per heavy atom. The molecule has 0 radical (unpaired) electrons. The van der Waals surface area contributed by atoms with Gasteiger partial charge in [-0.1, -0.05) is 54.6 Å². The van der Waals surface area contributed by atoms with Gasteiger partial charge in [-0.2, -0.15) is 0 Å². The fraction of sp³-hybridized carbons (Fsp3) is 0.500. The normalized spacial score (nSPS) is 22.9. The molecule has 1 aliphatic heterocycles. The van der Waals surface area contributed by atoms with Gasteiger partial charge in [0.2, 0.25) is 5.91 Å². The summed E-state index contributed by atoms with van der Waals surface area (Å²) >= 11 is 0. The molecule has 3 atom stereocenters. The number of hydrogen-bond acceptors (Lipinski definition) is 5. The molecule has 0 aromatic heterocycles. The maximum atomic E-state index is 14.2. The van der Waals surface area contributed by atoms with E-state index < -0.39 is 34.8 Å². The van der Waals surface area contributed by atoms with Gasteiger partial charge in [-0.25, -0.2) is 9.59 Å². The molecular formula is C30H39N3O5. The van der Waals surface area contributed by atoms with Crippen LogP contribution in [0.5, 0.6) is 0 Å². The highest BCUT2D eigenvalue weighted by atomic mass is 16.6. The van der Waals surface area contributed by atoms with E-state index in [9.17, 15) is 14.4 Å². The van der Waals surface area contributed by atoms with Crippen LogP contribution < -0.4 is 10.6 Å². The van der Waals surface area contributed by atoms with Crippen molar-refractivity contribution in [3.63, 3.8) is 0 Å². The average Bonchev–Trinajstić information content (AvgIpc) is 3.41. The molecule has 38 heavy (non-hydrogen) atoms. The molecule has 3 amide bonds. The van der Waals surface area contributed by atoms with Gasteiger partial charge >= 0.3 is 12.2 Å². The largest absolute Gasteiger partial charge is 0.444 e. The topological polar surface area (TPSA) is 97.0 Å². The monoisotopic (exact) mass is 521 g/mol. The summed E-state index contributed by atoms with van der Waals surface area (Å²) in [6.07, 6.45) is 0.0728. The summed E-state index contributed by atoms with van der Waals surface area (Å²) in [5, 5.41) is 6.23. The molecule has 204 valence electrons. The molecule has 0 spiro atoms. The summed E-state index contributed by atoms with van der Waals surface area (Å²) in [6.45, 7) is 11.5. The third kappa shape index (κ3) is 6.11. The Hall–Kier alpha value is -3.55. The molecule has 1 unspecified atom stereocenters. The Kier molecular flexibility index (Phi) is 7.46. The fourth-order valence-electron chi connectivity index (χ4n) is 5.25. The highest BCUT2D eigenvalue weighted by molar-refractivity contribution is 5.90. The molecule has 2 aromatic carbocycles. The molecule has 0 saturated carbocycles. The summed E-state index contributed by atoms with van der Waals surface area (Å²) < 4.78 is 11.1.